The molecule has 1 fully saturated rings. The zero-order valence-corrected chi connectivity index (χ0v) is 16.5. The number of benzene rings is 2. The highest BCUT2D eigenvalue weighted by Gasteiger charge is 2.31. The highest BCUT2D eigenvalue weighted by molar-refractivity contribution is 6.33. The zero-order chi connectivity index (χ0) is 20.5. The molecular formula is C19H18Cl2F3N3O. The van der Waals surface area contributed by atoms with Crippen LogP contribution in [0.25, 0.3) is 0 Å². The largest absolute Gasteiger partial charge is 0.416 e. The lowest BCUT2D eigenvalue weighted by Gasteiger charge is -2.36. The first kappa shape index (κ1) is 20.6. The van der Waals surface area contributed by atoms with E-state index in [9.17, 15) is 18.0 Å². The summed E-state index contributed by atoms with van der Waals surface area (Å²) in [6.07, 6.45) is -4.51. The molecular weight excluding hydrogens is 414 g/mol. The monoisotopic (exact) mass is 431 g/mol. The lowest BCUT2D eigenvalue weighted by molar-refractivity contribution is -0.137. The number of nitrogens with zero attached hydrogens (tertiary/aromatic N) is 2. The Morgan fingerprint density at radius 3 is 2.36 bits per heavy atom. The van der Waals surface area contributed by atoms with Crippen LogP contribution in [0.15, 0.2) is 36.4 Å². The summed E-state index contributed by atoms with van der Waals surface area (Å²) in [5, 5.41) is 3.17. The van der Waals surface area contributed by atoms with Crippen molar-refractivity contribution in [2.75, 3.05) is 36.4 Å². The van der Waals surface area contributed by atoms with Crippen molar-refractivity contribution in [1.82, 2.24) is 4.90 Å². The van der Waals surface area contributed by atoms with Crippen LogP contribution in [0.3, 0.4) is 0 Å². The molecule has 0 atom stereocenters. The third kappa shape index (κ3) is 4.64. The lowest BCUT2D eigenvalue weighted by Crippen LogP contribution is -2.50. The molecule has 9 heteroatoms. The predicted molar refractivity (Wildman–Crippen MR) is 105 cm³/mol. The van der Waals surface area contributed by atoms with Crippen molar-refractivity contribution in [2.24, 2.45) is 0 Å². The van der Waals surface area contributed by atoms with Crippen LogP contribution in [0, 0.1) is 6.92 Å². The van der Waals surface area contributed by atoms with E-state index in [2.05, 4.69) is 10.2 Å². The van der Waals surface area contributed by atoms with Gasteiger partial charge in [-0.2, -0.15) is 13.2 Å². The first-order valence-electron chi connectivity index (χ1n) is 8.59. The van der Waals surface area contributed by atoms with E-state index >= 15 is 0 Å². The zero-order valence-electron chi connectivity index (χ0n) is 15.0. The number of anilines is 2. The Labute approximate surface area is 170 Å². The van der Waals surface area contributed by atoms with Gasteiger partial charge in [0.1, 0.15) is 0 Å². The highest BCUT2D eigenvalue weighted by Crippen LogP contribution is 2.34. The molecule has 150 valence electrons. The minimum absolute atomic E-state index is 0.0505. The molecule has 1 N–H and O–H groups in total. The summed E-state index contributed by atoms with van der Waals surface area (Å²) in [7, 11) is 0. The molecule has 2 amide bonds. The number of hydrogen-bond donors (Lipinski definition) is 1. The summed E-state index contributed by atoms with van der Waals surface area (Å²) in [5.41, 5.74) is 1.16. The van der Waals surface area contributed by atoms with Crippen LogP contribution in [-0.2, 0) is 6.18 Å². The number of carbonyl (C=O) groups is 1. The number of halogens is 5. The van der Waals surface area contributed by atoms with Gasteiger partial charge in [-0.3, -0.25) is 0 Å². The van der Waals surface area contributed by atoms with E-state index in [1.54, 1.807) is 4.90 Å². The number of urea groups is 1. The van der Waals surface area contributed by atoms with Gasteiger partial charge in [-0.05, 0) is 42.8 Å². The Morgan fingerprint density at radius 2 is 1.71 bits per heavy atom. The average Bonchev–Trinajstić information content (AvgIpc) is 2.64. The second kappa shape index (κ2) is 8.09. The van der Waals surface area contributed by atoms with Crippen molar-refractivity contribution < 1.29 is 18.0 Å². The fourth-order valence-electron chi connectivity index (χ4n) is 3.07. The van der Waals surface area contributed by atoms with Gasteiger partial charge in [-0.25, -0.2) is 4.79 Å². The molecule has 0 spiro atoms. The van der Waals surface area contributed by atoms with Gasteiger partial charge in [0.25, 0.3) is 0 Å². The molecule has 0 aliphatic carbocycles. The summed E-state index contributed by atoms with van der Waals surface area (Å²) in [5.74, 6) is 0. The first-order valence-corrected chi connectivity index (χ1v) is 9.34. The number of carbonyl (C=O) groups excluding carboxylic acids is 1. The minimum Gasteiger partial charge on any atom is -0.368 e. The average molecular weight is 432 g/mol. The summed E-state index contributed by atoms with van der Waals surface area (Å²) >= 11 is 12.0. The molecule has 1 heterocycles. The predicted octanol–water partition coefficient (Wildman–Crippen LogP) is 5.67. The Bertz CT molecular complexity index is 881. The number of aryl methyl sites for hydroxylation is 1. The molecule has 0 radical (unpaired) electrons. The van der Waals surface area contributed by atoms with E-state index in [1.807, 2.05) is 25.1 Å². The summed E-state index contributed by atoms with van der Waals surface area (Å²) in [4.78, 5) is 16.2. The smallest absolute Gasteiger partial charge is 0.368 e. The van der Waals surface area contributed by atoms with Crippen LogP contribution in [0.2, 0.25) is 10.0 Å². The fraction of sp³-hybridized carbons (Fsp3) is 0.316. The third-order valence-electron chi connectivity index (χ3n) is 4.61. The van der Waals surface area contributed by atoms with Gasteiger partial charge in [0, 0.05) is 36.9 Å². The molecule has 0 unspecified atom stereocenters. The molecule has 1 aliphatic heterocycles. The van der Waals surface area contributed by atoms with Gasteiger partial charge in [-0.15, -0.1) is 0 Å². The van der Waals surface area contributed by atoms with Crippen LogP contribution >= 0.6 is 23.2 Å². The molecule has 3 rings (SSSR count). The van der Waals surface area contributed by atoms with Gasteiger partial charge >= 0.3 is 12.2 Å². The van der Waals surface area contributed by atoms with Crippen molar-refractivity contribution in [3.8, 4) is 0 Å². The molecule has 1 aliphatic rings. The molecule has 4 nitrogen and oxygen atoms in total. The second-order valence-electron chi connectivity index (χ2n) is 6.53. The number of alkyl halides is 3. The maximum atomic E-state index is 12.9. The number of rotatable bonds is 2. The second-order valence-corrected chi connectivity index (χ2v) is 7.37. The van der Waals surface area contributed by atoms with Gasteiger partial charge < -0.3 is 15.1 Å². The van der Waals surface area contributed by atoms with Crippen molar-refractivity contribution in [3.63, 3.8) is 0 Å². The summed E-state index contributed by atoms with van der Waals surface area (Å²) in [6, 6.07) is 8.00. The maximum absolute atomic E-state index is 12.9. The Morgan fingerprint density at radius 1 is 1.04 bits per heavy atom. The van der Waals surface area contributed by atoms with E-state index in [-0.39, 0.29) is 10.7 Å². The molecule has 2 aromatic rings. The van der Waals surface area contributed by atoms with Gasteiger partial charge in [-0.1, -0.05) is 29.3 Å². The molecule has 0 saturated carbocycles. The van der Waals surface area contributed by atoms with E-state index in [4.69, 9.17) is 23.2 Å². The number of piperazine rings is 1. The number of hydrogen-bond acceptors (Lipinski definition) is 2. The Balaban J connectivity index is 1.65. The van der Waals surface area contributed by atoms with E-state index < -0.39 is 17.8 Å². The van der Waals surface area contributed by atoms with E-state index in [1.165, 1.54) is 0 Å². The highest BCUT2D eigenvalue weighted by atomic mass is 35.5. The third-order valence-corrected chi connectivity index (χ3v) is 5.18. The topological polar surface area (TPSA) is 35.6 Å². The van der Waals surface area contributed by atoms with Crippen LogP contribution < -0.4 is 10.2 Å². The fourth-order valence-corrected chi connectivity index (χ4v) is 3.40. The lowest BCUT2D eigenvalue weighted by atomic mass is 10.1. The normalized spacial score (nSPS) is 14.9. The Hall–Kier alpha value is -2.12. The molecule has 2 aromatic carbocycles. The van der Waals surface area contributed by atoms with E-state index in [0.29, 0.717) is 31.2 Å². The molecule has 1 saturated heterocycles. The van der Waals surface area contributed by atoms with Crippen molar-refractivity contribution in [1.29, 1.82) is 0 Å². The molecule has 28 heavy (non-hydrogen) atoms. The van der Waals surface area contributed by atoms with Crippen LogP contribution in [-0.4, -0.2) is 37.1 Å². The summed E-state index contributed by atoms with van der Waals surface area (Å²) < 4.78 is 38.6. The standard InChI is InChI=1S/C19H18Cl2F3N3O/c1-12-2-4-14(20)11-17(12)26-6-8-27(9-7-26)18(28)25-16-10-13(19(22,23)24)3-5-15(16)21/h2-5,10-11H,6-9H2,1H3,(H,25,28). The minimum atomic E-state index is -4.51. The quantitative estimate of drug-likeness (QED) is 0.664. The van der Waals surface area contributed by atoms with Crippen molar-refractivity contribution in [3.05, 3.63) is 57.6 Å². The molecule has 0 bridgehead atoms. The van der Waals surface area contributed by atoms with Gasteiger partial charge in [0.2, 0.25) is 0 Å². The first-order chi connectivity index (χ1) is 13.1. The van der Waals surface area contributed by atoms with E-state index in [0.717, 1.165) is 29.4 Å². The number of nitrogens with one attached hydrogen (secondary N) is 1. The molecule has 0 aromatic heterocycles. The SMILES string of the molecule is Cc1ccc(Cl)cc1N1CCN(C(=O)Nc2cc(C(F)(F)F)ccc2Cl)CC1. The maximum Gasteiger partial charge on any atom is 0.416 e. The van der Waals surface area contributed by atoms with Crippen molar-refractivity contribution >= 4 is 40.6 Å². The van der Waals surface area contributed by atoms with Gasteiger partial charge in [0.05, 0.1) is 16.3 Å². The number of amides is 2. The van der Waals surface area contributed by atoms with Crippen LogP contribution in [0.1, 0.15) is 11.1 Å². The van der Waals surface area contributed by atoms with Crippen LogP contribution in [0.4, 0.5) is 29.3 Å². The summed E-state index contributed by atoms with van der Waals surface area (Å²) in [6.45, 7) is 4.01. The van der Waals surface area contributed by atoms with Crippen molar-refractivity contribution in [2.45, 2.75) is 13.1 Å². The Kier molecular flexibility index (Phi) is 5.95. The van der Waals surface area contributed by atoms with Crippen LogP contribution in [0.5, 0.6) is 0 Å². The van der Waals surface area contributed by atoms with Gasteiger partial charge in [0.15, 0.2) is 0 Å².